The van der Waals surface area contributed by atoms with Crippen LogP contribution in [0.15, 0.2) is 35.4 Å². The molecule has 0 aromatic heterocycles. The van der Waals surface area contributed by atoms with Crippen molar-refractivity contribution in [2.45, 2.75) is 45.4 Å². The number of nitrogens with zero attached hydrogens (tertiary/aromatic N) is 1. The number of rotatable bonds is 6. The summed E-state index contributed by atoms with van der Waals surface area (Å²) >= 11 is 0. The van der Waals surface area contributed by atoms with E-state index in [0.717, 1.165) is 31.4 Å². The lowest BCUT2D eigenvalue weighted by atomic mass is 10.1. The number of amides is 1. The highest BCUT2D eigenvalue weighted by atomic mass is 16.2. The monoisotopic (exact) mass is 258 g/mol. The van der Waals surface area contributed by atoms with E-state index in [-0.39, 0.29) is 11.8 Å². The lowest BCUT2D eigenvalue weighted by Gasteiger charge is -2.02. The quantitative estimate of drug-likeness (QED) is 0.616. The van der Waals surface area contributed by atoms with Gasteiger partial charge in [-0.15, -0.1) is 0 Å². The Hall–Kier alpha value is -1.64. The Morgan fingerprint density at radius 3 is 2.79 bits per heavy atom. The first-order chi connectivity index (χ1) is 9.22. The molecule has 0 radical (unpaired) electrons. The van der Waals surface area contributed by atoms with Crippen molar-refractivity contribution in [3.8, 4) is 0 Å². The van der Waals surface area contributed by atoms with E-state index in [1.807, 2.05) is 25.1 Å². The van der Waals surface area contributed by atoms with Crippen LogP contribution in [-0.4, -0.2) is 11.6 Å². The molecule has 1 saturated carbocycles. The third-order valence-corrected chi connectivity index (χ3v) is 3.60. The van der Waals surface area contributed by atoms with Crippen LogP contribution in [0.1, 0.15) is 51.0 Å². The Morgan fingerprint density at radius 2 is 2.11 bits per heavy atom. The van der Waals surface area contributed by atoms with Gasteiger partial charge in [0.15, 0.2) is 0 Å². The first-order valence-corrected chi connectivity index (χ1v) is 7.10. The van der Waals surface area contributed by atoms with Gasteiger partial charge in [-0.25, -0.2) is 5.43 Å². The van der Waals surface area contributed by atoms with Crippen LogP contribution >= 0.6 is 0 Å². The Morgan fingerprint density at radius 1 is 1.37 bits per heavy atom. The maximum atomic E-state index is 11.9. The molecule has 1 N–H and O–H groups in total. The van der Waals surface area contributed by atoms with Crippen LogP contribution in [0.3, 0.4) is 0 Å². The second-order valence-corrected chi connectivity index (χ2v) is 5.29. The second-order valence-electron chi connectivity index (χ2n) is 5.29. The van der Waals surface area contributed by atoms with Crippen LogP contribution in [0.5, 0.6) is 0 Å². The summed E-state index contributed by atoms with van der Waals surface area (Å²) in [4.78, 5) is 11.9. The van der Waals surface area contributed by atoms with Crippen molar-refractivity contribution in [1.82, 2.24) is 5.43 Å². The zero-order chi connectivity index (χ0) is 13.7. The molecule has 1 aromatic carbocycles. The Labute approximate surface area is 115 Å². The van der Waals surface area contributed by atoms with Crippen molar-refractivity contribution >= 4 is 11.6 Å². The summed E-state index contributed by atoms with van der Waals surface area (Å²) in [6.07, 6.45) is 4.18. The van der Waals surface area contributed by atoms with Crippen LogP contribution in [0.25, 0.3) is 0 Å². The summed E-state index contributed by atoms with van der Waals surface area (Å²) in [6, 6.07) is 10.2. The minimum Gasteiger partial charge on any atom is -0.273 e. The summed E-state index contributed by atoms with van der Waals surface area (Å²) in [5.74, 6) is 0.544. The number of hydrazone groups is 1. The second kappa shape index (κ2) is 6.50. The first-order valence-electron chi connectivity index (χ1n) is 7.10. The van der Waals surface area contributed by atoms with Crippen molar-refractivity contribution in [3.63, 3.8) is 0 Å². The molecule has 0 saturated heterocycles. The van der Waals surface area contributed by atoms with Crippen molar-refractivity contribution in [3.05, 3.63) is 35.9 Å². The average Bonchev–Trinajstić information content (AvgIpc) is 3.24. The Balaban J connectivity index is 1.80. The van der Waals surface area contributed by atoms with Gasteiger partial charge in [-0.2, -0.15) is 5.10 Å². The number of benzene rings is 1. The highest BCUT2D eigenvalue weighted by Gasteiger charge is 2.43. The zero-order valence-corrected chi connectivity index (χ0v) is 11.7. The fourth-order valence-electron chi connectivity index (χ4n) is 2.28. The molecule has 2 atom stereocenters. The van der Waals surface area contributed by atoms with Gasteiger partial charge in [0, 0.05) is 11.6 Å². The molecule has 1 amide bonds. The number of carbonyl (C=O) groups excluding carboxylic acids is 1. The molecule has 1 aliphatic carbocycles. The summed E-state index contributed by atoms with van der Waals surface area (Å²) in [7, 11) is 0. The third kappa shape index (κ3) is 3.91. The van der Waals surface area contributed by atoms with E-state index >= 15 is 0 Å². The highest BCUT2D eigenvalue weighted by Crippen LogP contribution is 2.47. The predicted octanol–water partition coefficient (Wildman–Crippen LogP) is 3.47. The molecular weight excluding hydrogens is 236 g/mol. The predicted molar refractivity (Wildman–Crippen MR) is 78.1 cm³/mol. The summed E-state index contributed by atoms with van der Waals surface area (Å²) in [5.41, 5.74) is 4.97. The highest BCUT2D eigenvalue weighted by molar-refractivity contribution is 5.86. The molecule has 1 fully saturated rings. The van der Waals surface area contributed by atoms with Crippen LogP contribution < -0.4 is 5.43 Å². The molecule has 0 spiro atoms. The smallest absolute Gasteiger partial charge is 0.243 e. The largest absolute Gasteiger partial charge is 0.273 e. The average molecular weight is 258 g/mol. The number of hydrogen-bond donors (Lipinski definition) is 1. The van der Waals surface area contributed by atoms with Gasteiger partial charge in [-0.1, -0.05) is 43.7 Å². The fraction of sp³-hybridized carbons (Fsp3) is 0.500. The minimum absolute atomic E-state index is 0.0599. The van der Waals surface area contributed by atoms with Gasteiger partial charge in [0.1, 0.15) is 0 Å². The van der Waals surface area contributed by atoms with Crippen molar-refractivity contribution < 1.29 is 4.79 Å². The maximum absolute atomic E-state index is 11.9. The van der Waals surface area contributed by atoms with E-state index in [9.17, 15) is 4.79 Å². The molecule has 3 heteroatoms. The number of carbonyl (C=O) groups is 1. The lowest BCUT2D eigenvalue weighted by molar-refractivity contribution is -0.122. The number of hydrogen-bond acceptors (Lipinski definition) is 2. The molecule has 0 aliphatic heterocycles. The van der Waals surface area contributed by atoms with E-state index in [2.05, 4.69) is 29.6 Å². The van der Waals surface area contributed by atoms with Crippen LogP contribution in [-0.2, 0) is 4.79 Å². The van der Waals surface area contributed by atoms with Crippen LogP contribution in [0, 0.1) is 5.92 Å². The molecular formula is C16H22N2O. The molecule has 1 aromatic rings. The van der Waals surface area contributed by atoms with Gasteiger partial charge in [-0.05, 0) is 37.7 Å². The van der Waals surface area contributed by atoms with Crippen molar-refractivity contribution in [1.29, 1.82) is 0 Å². The van der Waals surface area contributed by atoms with Gasteiger partial charge < -0.3 is 0 Å². The van der Waals surface area contributed by atoms with Crippen LogP contribution in [0.4, 0.5) is 0 Å². The van der Waals surface area contributed by atoms with E-state index in [4.69, 9.17) is 0 Å². The number of nitrogens with one attached hydrogen (secondary N) is 1. The van der Waals surface area contributed by atoms with Gasteiger partial charge in [0.05, 0.1) is 0 Å². The summed E-state index contributed by atoms with van der Waals surface area (Å²) < 4.78 is 0. The maximum Gasteiger partial charge on any atom is 0.243 e. The standard InChI is InChI=1S/C16H22N2O/c1-3-4-8-12(2)17-18-16(19)15-11-14(15)13-9-6-5-7-10-13/h5-7,9-10,14-15H,3-4,8,11H2,1-2H3,(H,18,19). The molecule has 0 heterocycles. The molecule has 102 valence electrons. The fourth-order valence-corrected chi connectivity index (χ4v) is 2.28. The van der Waals surface area contributed by atoms with Crippen LogP contribution in [0.2, 0.25) is 0 Å². The molecule has 19 heavy (non-hydrogen) atoms. The normalized spacial score (nSPS) is 22.1. The minimum atomic E-state index is 0.0599. The SMILES string of the molecule is CCCCC(C)=NNC(=O)C1CC1c1ccccc1. The topological polar surface area (TPSA) is 41.5 Å². The third-order valence-electron chi connectivity index (χ3n) is 3.60. The Bertz CT molecular complexity index is 453. The molecule has 2 rings (SSSR count). The first kappa shape index (κ1) is 13.8. The van der Waals surface area contributed by atoms with E-state index in [1.54, 1.807) is 0 Å². The van der Waals surface area contributed by atoms with Gasteiger partial charge in [0.25, 0.3) is 0 Å². The van der Waals surface area contributed by atoms with Gasteiger partial charge in [0.2, 0.25) is 5.91 Å². The Kier molecular flexibility index (Phi) is 4.72. The van der Waals surface area contributed by atoms with E-state index in [0.29, 0.717) is 5.92 Å². The van der Waals surface area contributed by atoms with Crippen molar-refractivity contribution in [2.24, 2.45) is 11.0 Å². The zero-order valence-electron chi connectivity index (χ0n) is 11.7. The molecule has 0 bridgehead atoms. The number of unbranched alkanes of at least 4 members (excludes halogenated alkanes) is 1. The molecule has 1 aliphatic rings. The molecule has 3 nitrogen and oxygen atoms in total. The lowest BCUT2D eigenvalue weighted by Crippen LogP contribution is -2.21. The van der Waals surface area contributed by atoms with E-state index in [1.165, 1.54) is 5.56 Å². The summed E-state index contributed by atoms with van der Waals surface area (Å²) in [5, 5.41) is 4.17. The summed E-state index contributed by atoms with van der Waals surface area (Å²) in [6.45, 7) is 4.12. The molecule has 2 unspecified atom stereocenters. The van der Waals surface area contributed by atoms with Gasteiger partial charge >= 0.3 is 0 Å². The van der Waals surface area contributed by atoms with Gasteiger partial charge in [-0.3, -0.25) is 4.79 Å². The van der Waals surface area contributed by atoms with E-state index < -0.39 is 0 Å². The van der Waals surface area contributed by atoms with Crippen molar-refractivity contribution in [2.75, 3.05) is 0 Å².